The first-order chi connectivity index (χ1) is 12.8. The largest absolute Gasteiger partial charge is 0.466 e. The summed E-state index contributed by atoms with van der Waals surface area (Å²) in [6, 6.07) is 0. The molecule has 0 saturated heterocycles. The summed E-state index contributed by atoms with van der Waals surface area (Å²) in [4.78, 5) is 31.1. The third-order valence-electron chi connectivity index (χ3n) is 2.62. The van der Waals surface area contributed by atoms with Gasteiger partial charge in [0.15, 0.2) is 0 Å². The average molecular weight is 386 g/mol. The van der Waals surface area contributed by atoms with E-state index in [1.807, 2.05) is 6.92 Å². The standard InChI is InChI=1S/C8H15NO2.C7H12O2.C5H8O2/c1-3-5-6-11-7-9-8(10)4-2;1-3-5-6-9-7(8)4-2;1-4(2)5(6)7-3/h4H,2-3,5-7H2,1H3,(H,9,10);4H,2-3,5-6H2,1H3;1H2,2-3H3. The fourth-order valence-electron chi connectivity index (χ4n) is 1.06. The molecule has 1 N–H and O–H groups in total. The molecule has 0 aliphatic carbocycles. The Morgan fingerprint density at radius 3 is 1.93 bits per heavy atom. The van der Waals surface area contributed by atoms with E-state index in [0.717, 1.165) is 25.7 Å². The van der Waals surface area contributed by atoms with Gasteiger partial charge in [-0.05, 0) is 25.8 Å². The summed E-state index contributed by atoms with van der Waals surface area (Å²) in [6.07, 6.45) is 6.52. The van der Waals surface area contributed by atoms with E-state index in [2.05, 4.69) is 41.5 Å². The molecule has 1 amide bonds. The summed E-state index contributed by atoms with van der Waals surface area (Å²) in [5.74, 6) is -0.870. The van der Waals surface area contributed by atoms with Gasteiger partial charge in [0.2, 0.25) is 5.91 Å². The van der Waals surface area contributed by atoms with E-state index in [-0.39, 0.29) is 24.6 Å². The Labute approximate surface area is 163 Å². The van der Waals surface area contributed by atoms with Gasteiger partial charge < -0.3 is 19.5 Å². The lowest BCUT2D eigenvalue weighted by Crippen LogP contribution is -2.23. The van der Waals surface area contributed by atoms with Crippen LogP contribution in [0, 0.1) is 0 Å². The van der Waals surface area contributed by atoms with Crippen LogP contribution in [-0.2, 0) is 28.6 Å². The number of amides is 1. The van der Waals surface area contributed by atoms with Crippen molar-refractivity contribution in [1.29, 1.82) is 0 Å². The van der Waals surface area contributed by atoms with Crippen LogP contribution >= 0.6 is 0 Å². The van der Waals surface area contributed by atoms with Crippen LogP contribution in [0.1, 0.15) is 46.5 Å². The highest BCUT2D eigenvalue weighted by Gasteiger charge is 1.95. The van der Waals surface area contributed by atoms with E-state index >= 15 is 0 Å². The van der Waals surface area contributed by atoms with Crippen molar-refractivity contribution < 1.29 is 28.6 Å². The zero-order valence-corrected chi connectivity index (χ0v) is 17.2. The Bertz CT molecular complexity index is 446. The molecule has 0 spiro atoms. The molecule has 0 aliphatic rings. The monoisotopic (exact) mass is 385 g/mol. The zero-order chi connectivity index (χ0) is 21.5. The van der Waals surface area contributed by atoms with Crippen molar-refractivity contribution >= 4 is 17.8 Å². The van der Waals surface area contributed by atoms with Gasteiger partial charge in [0.05, 0.1) is 13.7 Å². The van der Waals surface area contributed by atoms with Gasteiger partial charge in [-0.25, -0.2) is 9.59 Å². The van der Waals surface area contributed by atoms with E-state index in [4.69, 9.17) is 4.74 Å². The molecule has 7 nitrogen and oxygen atoms in total. The molecule has 0 bridgehead atoms. The van der Waals surface area contributed by atoms with Crippen LogP contribution in [0.25, 0.3) is 0 Å². The van der Waals surface area contributed by atoms with Gasteiger partial charge in [-0.3, -0.25) is 4.79 Å². The van der Waals surface area contributed by atoms with Crippen LogP contribution < -0.4 is 5.32 Å². The number of nitrogens with one attached hydrogen (secondary N) is 1. The fourth-order valence-corrected chi connectivity index (χ4v) is 1.06. The Balaban J connectivity index is -0.000000329. The molecule has 0 saturated carbocycles. The number of methoxy groups -OCH3 is 1. The summed E-state index contributed by atoms with van der Waals surface area (Å²) in [5, 5.41) is 2.51. The van der Waals surface area contributed by atoms with Crippen molar-refractivity contribution in [2.24, 2.45) is 0 Å². The number of carbonyl (C=O) groups excluding carboxylic acids is 3. The second kappa shape index (κ2) is 23.6. The van der Waals surface area contributed by atoms with Gasteiger partial charge >= 0.3 is 11.9 Å². The molecule has 7 heteroatoms. The predicted octanol–water partition coefficient (Wildman–Crippen LogP) is 3.31. The van der Waals surface area contributed by atoms with Crippen LogP contribution in [-0.4, -0.2) is 44.9 Å². The molecule has 0 unspecified atom stereocenters. The minimum Gasteiger partial charge on any atom is -0.466 e. The SMILES string of the molecule is C=C(C)C(=O)OC.C=CC(=O)NCOCCCC.C=CC(=O)OCCCC. The number of hydrogen-bond acceptors (Lipinski definition) is 6. The Kier molecular flexibility index (Phi) is 25.6. The van der Waals surface area contributed by atoms with Crippen molar-refractivity contribution in [2.75, 3.05) is 27.1 Å². The number of hydrogen-bond donors (Lipinski definition) is 1. The predicted molar refractivity (Wildman–Crippen MR) is 107 cm³/mol. The van der Waals surface area contributed by atoms with Crippen LogP contribution in [0.4, 0.5) is 0 Å². The molecule has 0 aromatic rings. The van der Waals surface area contributed by atoms with E-state index in [1.54, 1.807) is 6.92 Å². The van der Waals surface area contributed by atoms with Crippen molar-refractivity contribution in [2.45, 2.75) is 46.5 Å². The number of esters is 2. The Hall–Kier alpha value is -2.41. The molecule has 27 heavy (non-hydrogen) atoms. The molecule has 0 heterocycles. The summed E-state index contributed by atoms with van der Waals surface area (Å²) in [5.41, 5.74) is 0.433. The van der Waals surface area contributed by atoms with Crippen LogP contribution in [0.5, 0.6) is 0 Å². The lowest BCUT2D eigenvalue weighted by Gasteiger charge is -2.02. The first kappa shape index (κ1) is 29.4. The van der Waals surface area contributed by atoms with Gasteiger partial charge in [-0.2, -0.15) is 0 Å². The van der Waals surface area contributed by atoms with E-state index in [1.165, 1.54) is 19.3 Å². The molecule has 0 atom stereocenters. The van der Waals surface area contributed by atoms with Crippen molar-refractivity contribution in [3.8, 4) is 0 Å². The highest BCUT2D eigenvalue weighted by atomic mass is 16.5. The molecule has 0 radical (unpaired) electrons. The summed E-state index contributed by atoms with van der Waals surface area (Å²) in [6.45, 7) is 17.2. The van der Waals surface area contributed by atoms with Crippen molar-refractivity contribution in [1.82, 2.24) is 5.32 Å². The maximum atomic E-state index is 10.5. The minimum absolute atomic E-state index is 0.193. The first-order valence-corrected chi connectivity index (χ1v) is 8.81. The van der Waals surface area contributed by atoms with Gasteiger partial charge in [0, 0.05) is 18.3 Å². The van der Waals surface area contributed by atoms with Crippen molar-refractivity contribution in [3.05, 3.63) is 37.5 Å². The fraction of sp³-hybridized carbons (Fsp3) is 0.550. The van der Waals surface area contributed by atoms with Gasteiger partial charge in [-0.15, -0.1) is 0 Å². The molecule has 156 valence electrons. The maximum absolute atomic E-state index is 10.5. The molecule has 0 aliphatic heterocycles. The first-order valence-electron chi connectivity index (χ1n) is 8.81. The molecule has 0 rings (SSSR count). The summed E-state index contributed by atoms with van der Waals surface area (Å²) in [7, 11) is 1.33. The minimum atomic E-state index is -0.347. The van der Waals surface area contributed by atoms with Gasteiger partial charge in [0.25, 0.3) is 0 Å². The van der Waals surface area contributed by atoms with Crippen LogP contribution in [0.15, 0.2) is 37.5 Å². The zero-order valence-electron chi connectivity index (χ0n) is 17.2. The number of unbranched alkanes of at least 4 members (excludes halogenated alkanes) is 2. The lowest BCUT2D eigenvalue weighted by atomic mass is 10.4. The Morgan fingerprint density at radius 1 is 1.00 bits per heavy atom. The third-order valence-corrected chi connectivity index (χ3v) is 2.62. The lowest BCUT2D eigenvalue weighted by molar-refractivity contribution is -0.138. The maximum Gasteiger partial charge on any atom is 0.332 e. The molecule has 0 fully saturated rings. The number of ether oxygens (including phenoxy) is 3. The van der Waals surface area contributed by atoms with E-state index < -0.39 is 0 Å². The molecule has 0 aromatic heterocycles. The molecule has 0 aromatic carbocycles. The highest BCUT2D eigenvalue weighted by molar-refractivity contribution is 5.87. The Morgan fingerprint density at radius 2 is 1.56 bits per heavy atom. The molecular weight excluding hydrogens is 350 g/mol. The van der Waals surface area contributed by atoms with Crippen molar-refractivity contribution in [3.63, 3.8) is 0 Å². The smallest absolute Gasteiger partial charge is 0.332 e. The van der Waals surface area contributed by atoms with Crippen LogP contribution in [0.2, 0.25) is 0 Å². The summed E-state index contributed by atoms with van der Waals surface area (Å²) >= 11 is 0. The topological polar surface area (TPSA) is 90.9 Å². The van der Waals surface area contributed by atoms with E-state index in [9.17, 15) is 14.4 Å². The second-order valence-corrected chi connectivity index (χ2v) is 5.15. The quantitative estimate of drug-likeness (QED) is 0.254. The van der Waals surface area contributed by atoms with Crippen LogP contribution in [0.3, 0.4) is 0 Å². The van der Waals surface area contributed by atoms with E-state index in [0.29, 0.717) is 18.8 Å². The number of rotatable bonds is 11. The second-order valence-electron chi connectivity index (χ2n) is 5.15. The normalized spacial score (nSPS) is 8.59. The third kappa shape index (κ3) is 28.7. The summed E-state index contributed by atoms with van der Waals surface area (Å²) < 4.78 is 14.0. The van der Waals surface area contributed by atoms with Gasteiger partial charge in [-0.1, -0.05) is 46.4 Å². The molecular formula is C20H35NO6. The number of carbonyl (C=O) groups is 3. The van der Waals surface area contributed by atoms with Gasteiger partial charge in [0.1, 0.15) is 6.73 Å². The highest BCUT2D eigenvalue weighted by Crippen LogP contribution is 1.88. The average Bonchev–Trinajstić information content (AvgIpc) is 2.67.